The molecule has 4 rings (SSSR count). The van der Waals surface area contributed by atoms with Gasteiger partial charge in [0.15, 0.2) is 5.76 Å². The Hall–Kier alpha value is -4.02. The van der Waals surface area contributed by atoms with Crippen molar-refractivity contribution in [2.24, 2.45) is 5.92 Å². The molecule has 0 aliphatic heterocycles. The number of benzene rings is 2. The Morgan fingerprint density at radius 2 is 1.68 bits per heavy atom. The van der Waals surface area contributed by atoms with Crippen molar-refractivity contribution in [2.45, 2.75) is 63.9 Å². The lowest BCUT2D eigenvalue weighted by molar-refractivity contribution is -0.274. The van der Waals surface area contributed by atoms with Crippen molar-refractivity contribution < 1.29 is 36.3 Å². The van der Waals surface area contributed by atoms with Gasteiger partial charge in [-0.2, -0.15) is 0 Å². The van der Waals surface area contributed by atoms with Gasteiger partial charge in [-0.05, 0) is 74.2 Å². The lowest BCUT2D eigenvalue weighted by atomic mass is 9.90. The number of nitrogens with one attached hydrogen (secondary N) is 3. The lowest BCUT2D eigenvalue weighted by Gasteiger charge is -2.27. The van der Waals surface area contributed by atoms with E-state index in [1.807, 2.05) is 0 Å². The monoisotopic (exact) mass is 575 g/mol. The summed E-state index contributed by atoms with van der Waals surface area (Å²) in [6.07, 6.45) is 0.883. The fourth-order valence-corrected chi connectivity index (χ4v) is 4.94. The maximum atomic E-state index is 13.6. The van der Waals surface area contributed by atoms with Crippen LogP contribution in [0.15, 0.2) is 65.1 Å². The SMILES string of the molecule is C[C@@H](CNc1ccc(OC(F)(F)F)cc1)NC(=O)[C@@H](NC(=O)c1ccc(-c2cccc(F)c2)o1)C1CCCCCC1. The highest BCUT2D eigenvalue weighted by atomic mass is 19.4. The summed E-state index contributed by atoms with van der Waals surface area (Å²) in [6.45, 7) is 2.08. The first kappa shape index (κ1) is 30.0. The number of rotatable bonds is 10. The number of carbonyl (C=O) groups excluding carboxylic acids is 2. The van der Waals surface area contributed by atoms with Gasteiger partial charge in [0.2, 0.25) is 5.91 Å². The Labute approximate surface area is 235 Å². The van der Waals surface area contributed by atoms with Crippen molar-refractivity contribution in [2.75, 3.05) is 11.9 Å². The molecule has 41 heavy (non-hydrogen) atoms. The number of halogens is 4. The Kier molecular flexibility index (Phi) is 9.91. The third-order valence-electron chi connectivity index (χ3n) is 6.97. The van der Waals surface area contributed by atoms with Gasteiger partial charge in [-0.1, -0.05) is 37.8 Å². The molecule has 0 radical (unpaired) electrons. The number of amides is 2. The molecule has 1 saturated carbocycles. The molecule has 7 nitrogen and oxygen atoms in total. The number of carbonyl (C=O) groups is 2. The van der Waals surface area contributed by atoms with Crippen LogP contribution in [0, 0.1) is 11.7 Å². The predicted octanol–water partition coefficient (Wildman–Crippen LogP) is 6.67. The van der Waals surface area contributed by atoms with E-state index in [-0.39, 0.29) is 29.4 Å². The number of anilines is 1. The van der Waals surface area contributed by atoms with E-state index in [1.165, 1.54) is 42.5 Å². The zero-order valence-corrected chi connectivity index (χ0v) is 22.6. The number of hydrogen-bond acceptors (Lipinski definition) is 5. The van der Waals surface area contributed by atoms with Crippen LogP contribution in [0.2, 0.25) is 0 Å². The molecule has 1 aliphatic carbocycles. The van der Waals surface area contributed by atoms with Gasteiger partial charge in [-0.3, -0.25) is 9.59 Å². The summed E-state index contributed by atoms with van der Waals surface area (Å²) in [5.41, 5.74) is 1.05. The van der Waals surface area contributed by atoms with Crippen LogP contribution < -0.4 is 20.7 Å². The molecule has 1 heterocycles. The zero-order chi connectivity index (χ0) is 29.4. The molecule has 2 amide bonds. The van der Waals surface area contributed by atoms with Crippen LogP contribution in [0.1, 0.15) is 56.0 Å². The minimum atomic E-state index is -4.77. The highest BCUT2D eigenvalue weighted by molar-refractivity contribution is 5.96. The summed E-state index contributed by atoms with van der Waals surface area (Å²) in [6, 6.07) is 13.1. The minimum Gasteiger partial charge on any atom is -0.451 e. The van der Waals surface area contributed by atoms with Crippen LogP contribution in [-0.2, 0) is 4.79 Å². The maximum absolute atomic E-state index is 13.6. The normalized spacial score (nSPS) is 15.8. The summed E-state index contributed by atoms with van der Waals surface area (Å²) in [4.78, 5) is 26.6. The van der Waals surface area contributed by atoms with Crippen molar-refractivity contribution in [1.82, 2.24) is 10.6 Å². The molecule has 1 aliphatic rings. The molecule has 1 fully saturated rings. The molecule has 3 N–H and O–H groups in total. The maximum Gasteiger partial charge on any atom is 0.573 e. The van der Waals surface area contributed by atoms with E-state index in [9.17, 15) is 27.2 Å². The van der Waals surface area contributed by atoms with Crippen LogP contribution >= 0.6 is 0 Å². The predicted molar refractivity (Wildman–Crippen MR) is 146 cm³/mol. The number of furan rings is 1. The van der Waals surface area contributed by atoms with Gasteiger partial charge in [0.1, 0.15) is 23.4 Å². The van der Waals surface area contributed by atoms with Gasteiger partial charge in [0.05, 0.1) is 0 Å². The fourth-order valence-electron chi connectivity index (χ4n) is 4.94. The molecule has 0 saturated heterocycles. The first-order chi connectivity index (χ1) is 19.6. The molecule has 1 aromatic heterocycles. The minimum absolute atomic E-state index is 0.0170. The van der Waals surface area contributed by atoms with E-state index in [4.69, 9.17) is 4.42 Å². The zero-order valence-electron chi connectivity index (χ0n) is 22.6. The Morgan fingerprint density at radius 3 is 2.34 bits per heavy atom. The van der Waals surface area contributed by atoms with Crippen molar-refractivity contribution in [3.63, 3.8) is 0 Å². The van der Waals surface area contributed by atoms with Gasteiger partial charge in [0.25, 0.3) is 5.91 Å². The third-order valence-corrected chi connectivity index (χ3v) is 6.97. The van der Waals surface area contributed by atoms with Crippen LogP contribution in [0.5, 0.6) is 5.75 Å². The fraction of sp³-hybridized carbons (Fsp3) is 0.400. The van der Waals surface area contributed by atoms with E-state index in [0.717, 1.165) is 38.5 Å². The molecule has 3 aromatic rings. The first-order valence-electron chi connectivity index (χ1n) is 13.6. The standard InChI is InChI=1S/C30H33F4N3O4/c1-19(18-35-23-11-13-24(14-12-23)41-30(32,33)34)36-29(39)27(20-7-4-2-3-5-8-20)37-28(38)26-16-15-25(40-26)21-9-6-10-22(31)17-21/h6,9-17,19-20,27,35H,2-5,7-8,18H2,1H3,(H,36,39)(H,37,38)/t19-,27-/m0/s1. The molecule has 11 heteroatoms. The Bertz CT molecular complexity index is 1300. The van der Waals surface area contributed by atoms with Crippen LogP contribution in [0.3, 0.4) is 0 Å². The smallest absolute Gasteiger partial charge is 0.451 e. The average molecular weight is 576 g/mol. The summed E-state index contributed by atoms with van der Waals surface area (Å²) >= 11 is 0. The number of hydrogen-bond donors (Lipinski definition) is 3. The summed E-state index contributed by atoms with van der Waals surface area (Å²) in [7, 11) is 0. The van der Waals surface area contributed by atoms with Crippen LogP contribution in [-0.4, -0.2) is 36.8 Å². The third kappa shape index (κ3) is 8.99. The molecular weight excluding hydrogens is 542 g/mol. The van der Waals surface area contributed by atoms with Gasteiger partial charge < -0.3 is 25.1 Å². The molecule has 0 unspecified atom stereocenters. The van der Waals surface area contributed by atoms with E-state index in [2.05, 4.69) is 20.7 Å². The molecule has 2 atom stereocenters. The first-order valence-corrected chi connectivity index (χ1v) is 13.6. The van der Waals surface area contributed by atoms with Crippen LogP contribution in [0.4, 0.5) is 23.2 Å². The highest BCUT2D eigenvalue weighted by Crippen LogP contribution is 2.28. The molecular formula is C30H33F4N3O4. The van der Waals surface area contributed by atoms with Gasteiger partial charge in [0, 0.05) is 23.8 Å². The number of ether oxygens (including phenoxy) is 1. The van der Waals surface area contributed by atoms with Crippen molar-refractivity contribution in [3.05, 3.63) is 72.2 Å². The highest BCUT2D eigenvalue weighted by Gasteiger charge is 2.32. The molecule has 2 aromatic carbocycles. The second-order valence-electron chi connectivity index (χ2n) is 10.2. The Morgan fingerprint density at radius 1 is 0.976 bits per heavy atom. The Balaban J connectivity index is 1.38. The second-order valence-corrected chi connectivity index (χ2v) is 10.2. The molecule has 220 valence electrons. The van der Waals surface area contributed by atoms with Gasteiger partial charge >= 0.3 is 6.36 Å². The van der Waals surface area contributed by atoms with E-state index >= 15 is 0 Å². The van der Waals surface area contributed by atoms with E-state index < -0.39 is 24.1 Å². The summed E-state index contributed by atoms with van der Waals surface area (Å²) < 4.78 is 60.3. The largest absolute Gasteiger partial charge is 0.573 e. The topological polar surface area (TPSA) is 92.6 Å². The van der Waals surface area contributed by atoms with Crippen LogP contribution in [0.25, 0.3) is 11.3 Å². The quantitative estimate of drug-likeness (QED) is 0.186. The van der Waals surface area contributed by atoms with Crippen molar-refractivity contribution in [3.8, 4) is 17.1 Å². The molecule has 0 bridgehead atoms. The van der Waals surface area contributed by atoms with Crippen molar-refractivity contribution >= 4 is 17.5 Å². The van der Waals surface area contributed by atoms with Crippen molar-refractivity contribution in [1.29, 1.82) is 0 Å². The number of alkyl halides is 3. The van der Waals surface area contributed by atoms with E-state index in [0.29, 0.717) is 23.6 Å². The van der Waals surface area contributed by atoms with Gasteiger partial charge in [-0.25, -0.2) is 4.39 Å². The average Bonchev–Trinajstić information content (AvgIpc) is 3.27. The second kappa shape index (κ2) is 13.6. The van der Waals surface area contributed by atoms with E-state index in [1.54, 1.807) is 25.1 Å². The van der Waals surface area contributed by atoms with Gasteiger partial charge in [-0.15, -0.1) is 13.2 Å². The summed E-state index contributed by atoms with van der Waals surface area (Å²) in [5.74, 6) is -1.32. The molecule has 0 spiro atoms. The lowest BCUT2D eigenvalue weighted by Crippen LogP contribution is -2.53. The summed E-state index contributed by atoms with van der Waals surface area (Å²) in [5, 5.41) is 8.88.